The van der Waals surface area contributed by atoms with Crippen LogP contribution in [0.3, 0.4) is 0 Å². The van der Waals surface area contributed by atoms with Crippen LogP contribution in [0.5, 0.6) is 0 Å². The summed E-state index contributed by atoms with van der Waals surface area (Å²) in [5.74, 6) is 0. The number of benzene rings is 3. The molecular formula is C18H21N2O3P. The first-order valence-corrected chi connectivity index (χ1v) is 8.47. The Hall–Kier alpha value is -2.59. The van der Waals surface area contributed by atoms with Crippen LogP contribution in [0, 0.1) is 0 Å². The molecule has 5 nitrogen and oxygen atoms in total. The fourth-order valence-electron chi connectivity index (χ4n) is 1.66. The zero-order valence-corrected chi connectivity index (χ0v) is 14.0. The first-order valence-electron chi connectivity index (χ1n) is 7.17. The zero-order chi connectivity index (χ0) is 17.6. The molecule has 6 heteroatoms. The largest absolute Gasteiger partial charge is 0.399 e. The van der Waals surface area contributed by atoms with Crippen molar-refractivity contribution < 1.29 is 14.4 Å². The van der Waals surface area contributed by atoms with Gasteiger partial charge in [-0.15, -0.1) is 0 Å². The summed E-state index contributed by atoms with van der Waals surface area (Å²) in [4.78, 5) is 14.3. The smallest absolute Gasteiger partial charge is 0.314 e. The molecule has 0 aliphatic carbocycles. The Labute approximate surface area is 142 Å². The third kappa shape index (κ3) is 10.2. The molecule has 0 unspecified atom stereocenters. The van der Waals surface area contributed by atoms with E-state index in [1.54, 1.807) is 0 Å². The zero-order valence-electron chi connectivity index (χ0n) is 13.0. The average Bonchev–Trinajstić information content (AvgIpc) is 2.58. The van der Waals surface area contributed by atoms with Crippen LogP contribution in [0.2, 0.25) is 0 Å². The molecule has 24 heavy (non-hydrogen) atoms. The Bertz CT molecular complexity index is 654. The van der Waals surface area contributed by atoms with E-state index in [9.17, 15) is 0 Å². The standard InChI is InChI=1S/C12H11N.C6H7N.H3O3P/c1-3-7-11(8-4-1)13-12-9-5-2-6-10-12;7-6-4-2-1-3-5-6;1-4(2)3/h1-10,13H;1-5H,7H2;4H,(H2,1,2,3). The molecule has 0 aliphatic heterocycles. The van der Waals surface area contributed by atoms with Crippen molar-refractivity contribution >= 4 is 25.3 Å². The molecule has 0 amide bonds. The highest BCUT2D eigenvalue weighted by Gasteiger charge is 1.89. The number of nitrogens with two attached hydrogens (primary N) is 1. The summed E-state index contributed by atoms with van der Waals surface area (Å²) in [5.41, 5.74) is 8.42. The van der Waals surface area contributed by atoms with Crippen molar-refractivity contribution in [1.82, 2.24) is 0 Å². The highest BCUT2D eigenvalue weighted by atomic mass is 31.1. The van der Waals surface area contributed by atoms with E-state index >= 15 is 0 Å². The molecule has 0 radical (unpaired) electrons. The monoisotopic (exact) mass is 344 g/mol. The van der Waals surface area contributed by atoms with E-state index in [0.717, 1.165) is 17.1 Å². The lowest BCUT2D eigenvalue weighted by Gasteiger charge is -2.04. The van der Waals surface area contributed by atoms with Crippen molar-refractivity contribution in [3.8, 4) is 0 Å². The highest BCUT2D eigenvalue weighted by Crippen LogP contribution is 2.14. The second-order valence-corrected chi connectivity index (χ2v) is 5.12. The third-order valence-electron chi connectivity index (χ3n) is 2.64. The van der Waals surface area contributed by atoms with Gasteiger partial charge in [-0.2, -0.15) is 0 Å². The lowest BCUT2D eigenvalue weighted by atomic mass is 10.3. The normalized spacial score (nSPS) is 9.12. The molecule has 3 rings (SSSR count). The quantitative estimate of drug-likeness (QED) is 0.415. The van der Waals surface area contributed by atoms with Crippen LogP contribution in [0.25, 0.3) is 0 Å². The summed E-state index contributed by atoms with van der Waals surface area (Å²) in [7, 11) is -3.13. The van der Waals surface area contributed by atoms with Crippen molar-refractivity contribution in [3.63, 3.8) is 0 Å². The van der Waals surface area contributed by atoms with Gasteiger partial charge >= 0.3 is 8.25 Å². The van der Waals surface area contributed by atoms with E-state index in [2.05, 4.69) is 5.32 Å². The summed E-state index contributed by atoms with van der Waals surface area (Å²) in [6, 6.07) is 29.8. The molecule has 3 aromatic carbocycles. The van der Waals surface area contributed by atoms with E-state index in [1.165, 1.54) is 0 Å². The molecule has 0 atom stereocenters. The number of hydrogen-bond acceptors (Lipinski definition) is 3. The molecule has 3 aromatic rings. The fourth-order valence-corrected chi connectivity index (χ4v) is 1.66. The second-order valence-electron chi connectivity index (χ2n) is 4.55. The highest BCUT2D eigenvalue weighted by molar-refractivity contribution is 7.30. The van der Waals surface area contributed by atoms with Gasteiger partial charge in [-0.3, -0.25) is 4.57 Å². The van der Waals surface area contributed by atoms with Crippen molar-refractivity contribution in [2.45, 2.75) is 0 Å². The Balaban J connectivity index is 0.000000220. The molecule has 0 bridgehead atoms. The Morgan fingerprint density at radius 2 is 0.958 bits per heavy atom. The minimum absolute atomic E-state index is 0.822. The van der Waals surface area contributed by atoms with Gasteiger partial charge in [0.1, 0.15) is 0 Å². The van der Waals surface area contributed by atoms with Crippen LogP contribution < -0.4 is 11.1 Å². The average molecular weight is 344 g/mol. The van der Waals surface area contributed by atoms with E-state index < -0.39 is 8.25 Å². The summed E-state index contributed by atoms with van der Waals surface area (Å²) < 4.78 is 8.74. The molecule has 0 saturated heterocycles. The number of rotatable bonds is 2. The van der Waals surface area contributed by atoms with E-state index in [1.807, 2.05) is 91.0 Å². The predicted octanol–water partition coefficient (Wildman–Crippen LogP) is 4.06. The Kier molecular flexibility index (Phi) is 9.65. The maximum Gasteiger partial charge on any atom is 0.314 e. The van der Waals surface area contributed by atoms with Gasteiger partial charge in [0.05, 0.1) is 0 Å². The number of nitrogens with one attached hydrogen (secondary N) is 1. The molecular weight excluding hydrogens is 323 g/mol. The van der Waals surface area contributed by atoms with Gasteiger partial charge in [0.2, 0.25) is 0 Å². The lowest BCUT2D eigenvalue weighted by molar-refractivity contribution is 0.405. The summed E-state index contributed by atoms with van der Waals surface area (Å²) >= 11 is 0. The molecule has 0 aliphatic rings. The first-order chi connectivity index (χ1) is 11.6. The van der Waals surface area contributed by atoms with Crippen molar-refractivity contribution in [3.05, 3.63) is 91.0 Å². The minimum atomic E-state index is -3.13. The summed E-state index contributed by atoms with van der Waals surface area (Å²) in [6.07, 6.45) is 0. The Morgan fingerprint density at radius 1 is 0.667 bits per heavy atom. The third-order valence-corrected chi connectivity index (χ3v) is 2.64. The molecule has 0 saturated carbocycles. The van der Waals surface area contributed by atoms with E-state index in [4.69, 9.17) is 20.1 Å². The van der Waals surface area contributed by atoms with Gasteiger partial charge in [-0.25, -0.2) is 0 Å². The van der Waals surface area contributed by atoms with E-state index in [0.29, 0.717) is 0 Å². The van der Waals surface area contributed by atoms with Gasteiger partial charge in [0, 0.05) is 17.1 Å². The molecule has 5 N–H and O–H groups in total. The van der Waals surface area contributed by atoms with Gasteiger partial charge in [-0.1, -0.05) is 54.6 Å². The molecule has 0 fully saturated rings. The molecule has 0 spiro atoms. The van der Waals surface area contributed by atoms with Gasteiger partial charge in [-0.05, 0) is 36.4 Å². The minimum Gasteiger partial charge on any atom is -0.399 e. The SMILES string of the molecule is Nc1ccccc1.O=[PH](O)O.c1ccc(Nc2ccccc2)cc1. The van der Waals surface area contributed by atoms with Crippen LogP contribution in [0.15, 0.2) is 91.0 Å². The molecule has 126 valence electrons. The Morgan fingerprint density at radius 3 is 1.21 bits per heavy atom. The van der Waals surface area contributed by atoms with Crippen LogP contribution in [-0.4, -0.2) is 9.79 Å². The predicted molar refractivity (Wildman–Crippen MR) is 100 cm³/mol. The number of anilines is 3. The van der Waals surface area contributed by atoms with Gasteiger partial charge < -0.3 is 20.8 Å². The number of nitrogen functional groups attached to an aromatic ring is 1. The summed E-state index contributed by atoms with van der Waals surface area (Å²) in [6.45, 7) is 0. The van der Waals surface area contributed by atoms with Crippen molar-refractivity contribution in [1.29, 1.82) is 0 Å². The van der Waals surface area contributed by atoms with Gasteiger partial charge in [0.15, 0.2) is 0 Å². The first kappa shape index (κ1) is 19.5. The van der Waals surface area contributed by atoms with Crippen LogP contribution in [0.4, 0.5) is 17.1 Å². The van der Waals surface area contributed by atoms with Crippen molar-refractivity contribution in [2.24, 2.45) is 0 Å². The topological polar surface area (TPSA) is 95.6 Å². The second kappa shape index (κ2) is 11.9. The van der Waals surface area contributed by atoms with Crippen LogP contribution in [-0.2, 0) is 4.57 Å². The number of para-hydroxylation sites is 3. The van der Waals surface area contributed by atoms with Crippen molar-refractivity contribution in [2.75, 3.05) is 11.1 Å². The lowest BCUT2D eigenvalue weighted by Crippen LogP contribution is -1.87. The maximum atomic E-state index is 8.74. The van der Waals surface area contributed by atoms with Crippen LogP contribution >= 0.6 is 8.25 Å². The van der Waals surface area contributed by atoms with E-state index in [-0.39, 0.29) is 0 Å². The maximum absolute atomic E-state index is 8.74. The molecule has 0 aromatic heterocycles. The number of hydrogen-bond donors (Lipinski definition) is 4. The molecule has 0 heterocycles. The fraction of sp³-hybridized carbons (Fsp3) is 0. The summed E-state index contributed by atoms with van der Waals surface area (Å²) in [5, 5.41) is 3.30. The van der Waals surface area contributed by atoms with Crippen LogP contribution in [0.1, 0.15) is 0 Å². The van der Waals surface area contributed by atoms with Gasteiger partial charge in [0.25, 0.3) is 0 Å².